The first-order chi connectivity index (χ1) is 10.2. The Balaban J connectivity index is 1.88. The van der Waals surface area contributed by atoms with Gasteiger partial charge < -0.3 is 15.5 Å². The number of anilines is 1. The maximum atomic E-state index is 4.48. The molecule has 5 nitrogen and oxygen atoms in total. The Morgan fingerprint density at radius 2 is 2.10 bits per heavy atom. The molecule has 1 saturated heterocycles. The van der Waals surface area contributed by atoms with Crippen molar-refractivity contribution in [1.29, 1.82) is 0 Å². The van der Waals surface area contributed by atoms with Crippen molar-refractivity contribution in [1.82, 2.24) is 15.6 Å². The van der Waals surface area contributed by atoms with Gasteiger partial charge in [0, 0.05) is 39.4 Å². The first-order valence-electron chi connectivity index (χ1n) is 7.83. The average molecular weight is 289 g/mol. The lowest BCUT2D eigenvalue weighted by atomic mass is 10.2. The van der Waals surface area contributed by atoms with Crippen molar-refractivity contribution >= 4 is 11.8 Å². The topological polar surface area (TPSA) is 52.6 Å². The van der Waals surface area contributed by atoms with Crippen molar-refractivity contribution in [3.63, 3.8) is 0 Å². The molecular formula is C16H27N5. The van der Waals surface area contributed by atoms with E-state index in [1.54, 1.807) is 7.05 Å². The van der Waals surface area contributed by atoms with Crippen LogP contribution in [0.1, 0.15) is 32.3 Å². The van der Waals surface area contributed by atoms with Gasteiger partial charge in [-0.2, -0.15) is 0 Å². The zero-order valence-electron chi connectivity index (χ0n) is 13.4. The first-order valence-corrected chi connectivity index (χ1v) is 7.83. The highest BCUT2D eigenvalue weighted by Crippen LogP contribution is 2.18. The molecule has 0 atom stereocenters. The van der Waals surface area contributed by atoms with Crippen LogP contribution in [0.4, 0.5) is 5.82 Å². The molecule has 0 spiro atoms. The smallest absolute Gasteiger partial charge is 0.191 e. The minimum Gasteiger partial charge on any atom is -0.357 e. The molecule has 2 rings (SSSR count). The molecule has 1 aliphatic heterocycles. The zero-order chi connectivity index (χ0) is 15.1. The fourth-order valence-corrected chi connectivity index (χ4v) is 2.40. The van der Waals surface area contributed by atoms with Crippen LogP contribution in [0.5, 0.6) is 0 Å². The second-order valence-corrected chi connectivity index (χ2v) is 5.92. The van der Waals surface area contributed by atoms with E-state index in [9.17, 15) is 0 Å². The van der Waals surface area contributed by atoms with Gasteiger partial charge in [0.15, 0.2) is 5.96 Å². The SMILES string of the molecule is CN=C(NCc1ccnc(N2CCCC2)c1)NCC(C)C. The summed E-state index contributed by atoms with van der Waals surface area (Å²) in [6, 6.07) is 4.23. The lowest BCUT2D eigenvalue weighted by Gasteiger charge is -2.17. The summed E-state index contributed by atoms with van der Waals surface area (Å²) < 4.78 is 0. The number of nitrogens with one attached hydrogen (secondary N) is 2. The Morgan fingerprint density at radius 3 is 2.76 bits per heavy atom. The fourth-order valence-electron chi connectivity index (χ4n) is 2.40. The second kappa shape index (κ2) is 7.86. The summed E-state index contributed by atoms with van der Waals surface area (Å²) in [6.45, 7) is 8.32. The summed E-state index contributed by atoms with van der Waals surface area (Å²) in [5.74, 6) is 2.55. The van der Waals surface area contributed by atoms with Gasteiger partial charge in [-0.25, -0.2) is 4.98 Å². The molecule has 1 aromatic heterocycles. The Kier molecular flexibility index (Phi) is 5.84. The van der Waals surface area contributed by atoms with Crippen molar-refractivity contribution in [2.75, 3.05) is 31.6 Å². The number of aliphatic imine (C=N–C) groups is 1. The quantitative estimate of drug-likeness (QED) is 0.643. The van der Waals surface area contributed by atoms with Crippen LogP contribution in [0.25, 0.3) is 0 Å². The molecule has 21 heavy (non-hydrogen) atoms. The standard InChI is InChI=1S/C16H27N5/c1-13(2)11-19-16(17-3)20-12-14-6-7-18-15(10-14)21-8-4-5-9-21/h6-7,10,13H,4-5,8-9,11-12H2,1-3H3,(H2,17,19,20). The van der Waals surface area contributed by atoms with Crippen molar-refractivity contribution in [3.8, 4) is 0 Å². The maximum Gasteiger partial charge on any atom is 0.191 e. The number of aromatic nitrogens is 1. The van der Waals surface area contributed by atoms with E-state index in [1.165, 1.54) is 18.4 Å². The number of pyridine rings is 1. The van der Waals surface area contributed by atoms with Crippen LogP contribution in [-0.4, -0.2) is 37.6 Å². The molecule has 2 heterocycles. The molecule has 1 aromatic rings. The molecule has 0 unspecified atom stereocenters. The third kappa shape index (κ3) is 4.92. The molecule has 5 heteroatoms. The molecule has 116 valence electrons. The number of hydrogen-bond acceptors (Lipinski definition) is 3. The van der Waals surface area contributed by atoms with Gasteiger partial charge in [-0.3, -0.25) is 4.99 Å². The van der Waals surface area contributed by atoms with Gasteiger partial charge in [0.1, 0.15) is 5.82 Å². The molecule has 0 bridgehead atoms. The molecule has 0 aromatic carbocycles. The monoisotopic (exact) mass is 289 g/mol. The van der Waals surface area contributed by atoms with E-state index >= 15 is 0 Å². The Hall–Kier alpha value is -1.78. The van der Waals surface area contributed by atoms with E-state index in [0.29, 0.717) is 5.92 Å². The average Bonchev–Trinajstić information content (AvgIpc) is 3.02. The van der Waals surface area contributed by atoms with Gasteiger partial charge in [-0.05, 0) is 36.5 Å². The first kappa shape index (κ1) is 15.6. The van der Waals surface area contributed by atoms with Crippen LogP contribution in [0.15, 0.2) is 23.3 Å². The third-order valence-electron chi connectivity index (χ3n) is 3.60. The molecule has 0 amide bonds. The molecule has 0 saturated carbocycles. The number of nitrogens with zero attached hydrogens (tertiary/aromatic N) is 3. The maximum absolute atomic E-state index is 4.48. The van der Waals surface area contributed by atoms with Crippen molar-refractivity contribution < 1.29 is 0 Å². The number of hydrogen-bond donors (Lipinski definition) is 2. The summed E-state index contributed by atoms with van der Waals surface area (Å²) in [7, 11) is 1.80. The van der Waals surface area contributed by atoms with E-state index in [4.69, 9.17) is 0 Å². The van der Waals surface area contributed by atoms with E-state index in [0.717, 1.165) is 38.0 Å². The van der Waals surface area contributed by atoms with E-state index in [1.807, 2.05) is 6.20 Å². The summed E-state index contributed by atoms with van der Waals surface area (Å²) in [4.78, 5) is 11.1. The highest BCUT2D eigenvalue weighted by molar-refractivity contribution is 5.79. The highest BCUT2D eigenvalue weighted by atomic mass is 15.2. The van der Waals surface area contributed by atoms with Gasteiger partial charge in [0.2, 0.25) is 0 Å². The van der Waals surface area contributed by atoms with Crippen LogP contribution in [0.3, 0.4) is 0 Å². The Morgan fingerprint density at radius 1 is 1.33 bits per heavy atom. The lowest BCUT2D eigenvalue weighted by molar-refractivity contribution is 0.614. The van der Waals surface area contributed by atoms with E-state index in [-0.39, 0.29) is 0 Å². The Bertz CT molecular complexity index is 463. The van der Waals surface area contributed by atoms with Crippen LogP contribution >= 0.6 is 0 Å². The van der Waals surface area contributed by atoms with Gasteiger partial charge in [0.05, 0.1) is 0 Å². The van der Waals surface area contributed by atoms with Gasteiger partial charge >= 0.3 is 0 Å². The van der Waals surface area contributed by atoms with Crippen LogP contribution in [0, 0.1) is 5.92 Å². The number of rotatable bonds is 5. The van der Waals surface area contributed by atoms with Crippen LogP contribution in [-0.2, 0) is 6.54 Å². The summed E-state index contributed by atoms with van der Waals surface area (Å²) in [5, 5.41) is 6.67. The van der Waals surface area contributed by atoms with Crippen molar-refractivity contribution in [3.05, 3.63) is 23.9 Å². The van der Waals surface area contributed by atoms with Crippen molar-refractivity contribution in [2.24, 2.45) is 10.9 Å². The molecule has 0 radical (unpaired) electrons. The zero-order valence-corrected chi connectivity index (χ0v) is 13.4. The minimum atomic E-state index is 0.603. The minimum absolute atomic E-state index is 0.603. The Labute approximate surface area is 127 Å². The largest absolute Gasteiger partial charge is 0.357 e. The number of guanidine groups is 1. The predicted octanol–water partition coefficient (Wildman–Crippen LogP) is 2.00. The fraction of sp³-hybridized carbons (Fsp3) is 0.625. The van der Waals surface area contributed by atoms with Gasteiger partial charge in [-0.15, -0.1) is 0 Å². The molecular weight excluding hydrogens is 262 g/mol. The molecule has 2 N–H and O–H groups in total. The summed E-state index contributed by atoms with van der Waals surface area (Å²) in [6.07, 6.45) is 4.45. The molecule has 1 aliphatic rings. The summed E-state index contributed by atoms with van der Waals surface area (Å²) in [5.41, 5.74) is 1.24. The van der Waals surface area contributed by atoms with Crippen LogP contribution < -0.4 is 15.5 Å². The molecule has 0 aliphatic carbocycles. The lowest BCUT2D eigenvalue weighted by Crippen LogP contribution is -2.38. The summed E-state index contributed by atoms with van der Waals surface area (Å²) >= 11 is 0. The van der Waals surface area contributed by atoms with Crippen molar-refractivity contribution in [2.45, 2.75) is 33.2 Å². The third-order valence-corrected chi connectivity index (χ3v) is 3.60. The van der Waals surface area contributed by atoms with Crippen LogP contribution in [0.2, 0.25) is 0 Å². The highest BCUT2D eigenvalue weighted by Gasteiger charge is 2.13. The van der Waals surface area contributed by atoms with Gasteiger partial charge in [-0.1, -0.05) is 13.8 Å². The normalized spacial score (nSPS) is 15.6. The second-order valence-electron chi connectivity index (χ2n) is 5.92. The predicted molar refractivity (Wildman–Crippen MR) is 88.7 cm³/mol. The molecule has 1 fully saturated rings. The van der Waals surface area contributed by atoms with Gasteiger partial charge in [0.25, 0.3) is 0 Å². The van der Waals surface area contributed by atoms with E-state index in [2.05, 4.69) is 51.5 Å². The van der Waals surface area contributed by atoms with E-state index < -0.39 is 0 Å².